The Kier molecular flexibility index (Phi) is 5.26. The van der Waals surface area contributed by atoms with E-state index in [1.165, 1.54) is 33.5 Å². The Morgan fingerprint density at radius 2 is 2.12 bits per heavy atom. The van der Waals surface area contributed by atoms with Crippen LogP contribution in [-0.4, -0.2) is 32.4 Å². The molecule has 1 aliphatic heterocycles. The summed E-state index contributed by atoms with van der Waals surface area (Å²) in [7, 11) is 0. The van der Waals surface area contributed by atoms with Crippen molar-refractivity contribution in [3.05, 3.63) is 56.2 Å². The lowest BCUT2D eigenvalue weighted by Crippen LogP contribution is -2.39. The summed E-state index contributed by atoms with van der Waals surface area (Å²) in [5.41, 5.74) is 2.23. The highest BCUT2D eigenvalue weighted by Crippen LogP contribution is 2.30. The summed E-state index contributed by atoms with van der Waals surface area (Å²) in [5, 5.41) is 6.53. The van der Waals surface area contributed by atoms with Crippen molar-refractivity contribution in [3.8, 4) is 5.69 Å². The van der Waals surface area contributed by atoms with Crippen LogP contribution in [0.1, 0.15) is 17.4 Å². The van der Waals surface area contributed by atoms with Crippen molar-refractivity contribution in [1.29, 1.82) is 0 Å². The lowest BCUT2D eigenvalue weighted by atomic mass is 10.1. The third-order valence-corrected chi connectivity index (χ3v) is 7.70. The third kappa shape index (κ3) is 3.64. The summed E-state index contributed by atoms with van der Waals surface area (Å²) in [6.07, 6.45) is 0.956. The van der Waals surface area contributed by atoms with E-state index in [2.05, 4.69) is 16.5 Å². The van der Waals surface area contributed by atoms with Gasteiger partial charge in [0.25, 0.3) is 0 Å². The van der Waals surface area contributed by atoms with E-state index in [9.17, 15) is 4.79 Å². The van der Waals surface area contributed by atoms with Crippen molar-refractivity contribution < 1.29 is 4.79 Å². The lowest BCUT2D eigenvalue weighted by molar-refractivity contribution is -0.131. The number of thioether (sulfide) groups is 1. The molecule has 3 aromatic rings. The number of fused-ring (bicyclic) bond motifs is 1. The first-order valence-corrected chi connectivity index (χ1v) is 11.3. The standard InChI is InChI=1S/C18H17N3OS4/c1-12(16(22)20-9-7-15-13(11-20)8-10-24-15)25-17-19-21(18(23)26-17)14-5-3-2-4-6-14/h2-6,8,10,12H,7,9,11H2,1H3. The second kappa shape index (κ2) is 7.64. The van der Waals surface area contributed by atoms with Crippen LogP contribution in [0.3, 0.4) is 0 Å². The van der Waals surface area contributed by atoms with Crippen LogP contribution in [0.4, 0.5) is 0 Å². The maximum Gasteiger partial charge on any atom is 0.236 e. The van der Waals surface area contributed by atoms with E-state index in [-0.39, 0.29) is 11.2 Å². The Bertz CT molecular complexity index is 976. The lowest BCUT2D eigenvalue weighted by Gasteiger charge is -2.29. The summed E-state index contributed by atoms with van der Waals surface area (Å²) < 4.78 is 3.28. The summed E-state index contributed by atoms with van der Waals surface area (Å²) in [6.45, 7) is 3.47. The fraction of sp³-hybridized carbons (Fsp3) is 0.278. The number of benzene rings is 1. The molecule has 3 heterocycles. The zero-order valence-corrected chi connectivity index (χ0v) is 17.4. The Hall–Kier alpha value is -1.48. The number of carbonyl (C=O) groups is 1. The number of amides is 1. The first-order chi connectivity index (χ1) is 12.6. The molecule has 0 radical (unpaired) electrons. The van der Waals surface area contributed by atoms with Crippen LogP contribution in [-0.2, 0) is 17.8 Å². The maximum absolute atomic E-state index is 12.8. The van der Waals surface area contributed by atoms with Crippen LogP contribution in [0.2, 0.25) is 0 Å². The van der Waals surface area contributed by atoms with E-state index in [4.69, 9.17) is 12.2 Å². The van der Waals surface area contributed by atoms with Gasteiger partial charge in [0.2, 0.25) is 5.91 Å². The molecule has 4 rings (SSSR count). The SMILES string of the molecule is CC(Sc1nn(-c2ccccc2)c(=S)s1)C(=O)N1CCc2sccc2C1. The van der Waals surface area contributed by atoms with E-state index in [1.807, 2.05) is 42.2 Å². The van der Waals surface area contributed by atoms with Crippen molar-refractivity contribution in [2.45, 2.75) is 29.5 Å². The number of para-hydroxylation sites is 1. The average molecular weight is 420 g/mol. The second-order valence-corrected chi connectivity index (χ2v) is 10.2. The quantitative estimate of drug-likeness (QED) is 0.450. The predicted molar refractivity (Wildman–Crippen MR) is 111 cm³/mol. The summed E-state index contributed by atoms with van der Waals surface area (Å²) in [4.78, 5) is 16.2. The Labute approximate surface area is 169 Å². The smallest absolute Gasteiger partial charge is 0.236 e. The molecule has 1 unspecified atom stereocenters. The van der Waals surface area contributed by atoms with Gasteiger partial charge in [-0.05, 0) is 54.7 Å². The molecule has 0 fully saturated rings. The molecule has 2 aromatic heterocycles. The molecule has 134 valence electrons. The topological polar surface area (TPSA) is 38.1 Å². The highest BCUT2D eigenvalue weighted by atomic mass is 32.2. The van der Waals surface area contributed by atoms with Gasteiger partial charge in [-0.15, -0.1) is 16.4 Å². The van der Waals surface area contributed by atoms with Gasteiger partial charge in [0, 0.05) is 18.0 Å². The number of hydrogen-bond donors (Lipinski definition) is 0. The third-order valence-electron chi connectivity index (χ3n) is 4.27. The monoisotopic (exact) mass is 419 g/mol. The first-order valence-electron chi connectivity index (χ1n) is 8.28. The summed E-state index contributed by atoms with van der Waals surface area (Å²) >= 11 is 10.2. The van der Waals surface area contributed by atoms with Gasteiger partial charge in [-0.1, -0.05) is 41.3 Å². The number of carbonyl (C=O) groups excluding carboxylic acids is 1. The van der Waals surface area contributed by atoms with Gasteiger partial charge >= 0.3 is 0 Å². The second-order valence-electron chi connectivity index (χ2n) is 6.02. The minimum atomic E-state index is -0.181. The van der Waals surface area contributed by atoms with Crippen LogP contribution >= 0.6 is 46.7 Å². The fourth-order valence-electron chi connectivity index (χ4n) is 2.94. The Morgan fingerprint density at radius 3 is 2.92 bits per heavy atom. The van der Waals surface area contributed by atoms with E-state index >= 15 is 0 Å². The van der Waals surface area contributed by atoms with Crippen molar-refractivity contribution in [3.63, 3.8) is 0 Å². The number of aromatic nitrogens is 2. The Balaban J connectivity index is 1.46. The average Bonchev–Trinajstić information content (AvgIpc) is 3.27. The number of thiophene rings is 1. The minimum absolute atomic E-state index is 0.166. The predicted octanol–water partition coefficient (Wildman–Crippen LogP) is 4.79. The molecular weight excluding hydrogens is 402 g/mol. The largest absolute Gasteiger partial charge is 0.337 e. The molecule has 1 amide bonds. The van der Waals surface area contributed by atoms with Crippen molar-refractivity contribution >= 4 is 52.6 Å². The van der Waals surface area contributed by atoms with Gasteiger partial charge in [0.15, 0.2) is 8.29 Å². The molecule has 1 aliphatic rings. The van der Waals surface area contributed by atoms with Crippen LogP contribution in [0.15, 0.2) is 46.1 Å². The van der Waals surface area contributed by atoms with E-state index in [1.54, 1.807) is 16.0 Å². The van der Waals surface area contributed by atoms with Crippen LogP contribution in [0, 0.1) is 3.95 Å². The molecule has 4 nitrogen and oxygen atoms in total. The highest BCUT2D eigenvalue weighted by Gasteiger charge is 2.26. The minimum Gasteiger partial charge on any atom is -0.337 e. The van der Waals surface area contributed by atoms with E-state index < -0.39 is 0 Å². The van der Waals surface area contributed by atoms with Gasteiger partial charge in [-0.2, -0.15) is 0 Å². The molecule has 0 saturated heterocycles. The zero-order valence-electron chi connectivity index (χ0n) is 14.1. The van der Waals surface area contributed by atoms with E-state index in [0.717, 1.165) is 29.5 Å². The van der Waals surface area contributed by atoms with Gasteiger partial charge in [-0.25, -0.2) is 4.68 Å². The van der Waals surface area contributed by atoms with Crippen molar-refractivity contribution in [2.75, 3.05) is 6.54 Å². The molecule has 0 spiro atoms. The number of hydrogen-bond acceptors (Lipinski definition) is 6. The fourth-order valence-corrected chi connectivity index (χ4v) is 6.42. The van der Waals surface area contributed by atoms with Crippen molar-refractivity contribution in [1.82, 2.24) is 14.7 Å². The molecule has 8 heteroatoms. The molecular formula is C18H17N3OS4. The van der Waals surface area contributed by atoms with Gasteiger partial charge in [0.05, 0.1) is 10.9 Å². The molecule has 0 saturated carbocycles. The maximum atomic E-state index is 12.8. The zero-order chi connectivity index (χ0) is 18.1. The van der Waals surface area contributed by atoms with Crippen LogP contribution in [0.25, 0.3) is 5.69 Å². The Morgan fingerprint density at radius 1 is 1.31 bits per heavy atom. The normalized spacial score (nSPS) is 14.9. The molecule has 1 atom stereocenters. The molecule has 1 aromatic carbocycles. The van der Waals surface area contributed by atoms with Gasteiger partial charge in [-0.3, -0.25) is 4.79 Å². The van der Waals surface area contributed by atoms with Crippen molar-refractivity contribution in [2.24, 2.45) is 0 Å². The molecule has 0 aliphatic carbocycles. The number of nitrogens with zero attached hydrogens (tertiary/aromatic N) is 3. The highest BCUT2D eigenvalue weighted by molar-refractivity contribution is 8.02. The molecule has 0 N–H and O–H groups in total. The summed E-state index contributed by atoms with van der Waals surface area (Å²) in [6, 6.07) is 12.0. The molecule has 0 bridgehead atoms. The number of rotatable bonds is 4. The molecule has 26 heavy (non-hydrogen) atoms. The first kappa shape index (κ1) is 17.9. The van der Waals surface area contributed by atoms with Gasteiger partial charge in [0.1, 0.15) is 0 Å². The van der Waals surface area contributed by atoms with Crippen LogP contribution < -0.4 is 0 Å². The van der Waals surface area contributed by atoms with Gasteiger partial charge < -0.3 is 4.90 Å². The summed E-state index contributed by atoms with van der Waals surface area (Å²) in [5.74, 6) is 0.166. The van der Waals surface area contributed by atoms with E-state index in [0.29, 0.717) is 3.95 Å². The van der Waals surface area contributed by atoms with Crippen LogP contribution in [0.5, 0.6) is 0 Å².